The zero-order chi connectivity index (χ0) is 13.7. The van der Waals surface area contributed by atoms with Gasteiger partial charge in [-0.05, 0) is 37.0 Å². The summed E-state index contributed by atoms with van der Waals surface area (Å²) in [6.07, 6.45) is 12.7. The van der Waals surface area contributed by atoms with Crippen LogP contribution in [0.2, 0.25) is 0 Å². The minimum absolute atomic E-state index is 0.644. The summed E-state index contributed by atoms with van der Waals surface area (Å²) in [6, 6.07) is 0.683. The number of nitrogens with two attached hydrogens (primary N) is 1. The molecule has 2 rings (SSSR count). The second kappa shape index (κ2) is 7.08. The van der Waals surface area contributed by atoms with E-state index >= 15 is 0 Å². The van der Waals surface area contributed by atoms with E-state index in [2.05, 4.69) is 18.7 Å². The molecule has 2 heteroatoms. The Bertz CT molecular complexity index is 244. The molecule has 0 aromatic heterocycles. The number of hydrogen-bond donors (Lipinski definition) is 1. The predicted molar refractivity (Wildman–Crippen MR) is 83.2 cm³/mol. The van der Waals surface area contributed by atoms with Crippen LogP contribution in [0.15, 0.2) is 0 Å². The van der Waals surface area contributed by atoms with Crippen LogP contribution in [0.25, 0.3) is 0 Å². The average Bonchev–Trinajstić information content (AvgIpc) is 2.39. The molecule has 1 heterocycles. The Labute approximate surface area is 120 Å². The fourth-order valence-corrected chi connectivity index (χ4v) is 4.71. The van der Waals surface area contributed by atoms with Crippen LogP contribution in [0, 0.1) is 11.3 Å². The predicted octanol–water partition coefficient (Wildman–Crippen LogP) is 3.80. The van der Waals surface area contributed by atoms with Crippen molar-refractivity contribution in [2.75, 3.05) is 19.6 Å². The van der Waals surface area contributed by atoms with Gasteiger partial charge in [-0.15, -0.1) is 0 Å². The second-order valence-electron chi connectivity index (χ2n) is 7.11. The minimum atomic E-state index is 0.644. The van der Waals surface area contributed by atoms with Crippen LogP contribution in [0.5, 0.6) is 0 Å². The Balaban J connectivity index is 1.88. The van der Waals surface area contributed by atoms with E-state index in [1.54, 1.807) is 0 Å². The van der Waals surface area contributed by atoms with Gasteiger partial charge in [-0.25, -0.2) is 0 Å². The van der Waals surface area contributed by atoms with Crippen molar-refractivity contribution in [1.82, 2.24) is 4.90 Å². The van der Waals surface area contributed by atoms with Gasteiger partial charge in [0.05, 0.1) is 0 Å². The highest BCUT2D eigenvalue weighted by molar-refractivity contribution is 4.99. The van der Waals surface area contributed by atoms with Crippen molar-refractivity contribution in [3.05, 3.63) is 0 Å². The first-order chi connectivity index (χ1) is 9.24. The summed E-state index contributed by atoms with van der Waals surface area (Å²) < 4.78 is 0. The van der Waals surface area contributed by atoms with E-state index in [-0.39, 0.29) is 0 Å². The van der Waals surface area contributed by atoms with E-state index in [1.165, 1.54) is 70.9 Å². The normalized spacial score (nSPS) is 26.1. The average molecular weight is 266 g/mol. The topological polar surface area (TPSA) is 29.3 Å². The molecule has 0 bridgehead atoms. The standard InChI is InChI=1S/C17H34N2/c1-3-10-17(11-4-2)13-19(14-17)16(12-18)15-8-6-5-7-9-15/h15-16H,3-14,18H2,1-2H3. The van der Waals surface area contributed by atoms with Crippen molar-refractivity contribution >= 4 is 0 Å². The maximum Gasteiger partial charge on any atom is 0.0247 e. The van der Waals surface area contributed by atoms with Crippen LogP contribution in [0.3, 0.4) is 0 Å². The van der Waals surface area contributed by atoms with Crippen molar-refractivity contribution in [2.45, 2.75) is 77.7 Å². The van der Waals surface area contributed by atoms with Crippen LogP contribution in [-0.2, 0) is 0 Å². The van der Waals surface area contributed by atoms with Gasteiger partial charge in [0.2, 0.25) is 0 Å². The molecule has 0 aromatic carbocycles. The summed E-state index contributed by atoms with van der Waals surface area (Å²) in [5.74, 6) is 0.889. The van der Waals surface area contributed by atoms with Crippen molar-refractivity contribution in [3.63, 3.8) is 0 Å². The van der Waals surface area contributed by atoms with Crippen LogP contribution in [0.1, 0.15) is 71.6 Å². The molecule has 2 N–H and O–H groups in total. The molecular weight excluding hydrogens is 232 g/mol. The van der Waals surface area contributed by atoms with Gasteiger partial charge < -0.3 is 5.73 Å². The zero-order valence-electron chi connectivity index (χ0n) is 13.2. The van der Waals surface area contributed by atoms with Gasteiger partial charge in [-0.3, -0.25) is 4.90 Å². The van der Waals surface area contributed by atoms with Crippen LogP contribution < -0.4 is 5.73 Å². The van der Waals surface area contributed by atoms with E-state index in [0.717, 1.165) is 12.5 Å². The SMILES string of the molecule is CCCC1(CCC)CN(C(CN)C2CCCCC2)C1. The molecule has 1 saturated heterocycles. The van der Waals surface area contributed by atoms with E-state index in [9.17, 15) is 0 Å². The fraction of sp³-hybridized carbons (Fsp3) is 1.00. The Morgan fingerprint density at radius 1 is 1.05 bits per heavy atom. The number of likely N-dealkylation sites (tertiary alicyclic amines) is 1. The van der Waals surface area contributed by atoms with Gasteiger partial charge in [0.1, 0.15) is 0 Å². The third kappa shape index (κ3) is 3.52. The smallest absolute Gasteiger partial charge is 0.0247 e. The van der Waals surface area contributed by atoms with E-state index in [4.69, 9.17) is 5.73 Å². The van der Waals surface area contributed by atoms with E-state index in [1.807, 2.05) is 0 Å². The highest BCUT2D eigenvalue weighted by Crippen LogP contribution is 2.42. The molecule has 0 radical (unpaired) electrons. The molecule has 0 aromatic rings. The molecule has 1 saturated carbocycles. The summed E-state index contributed by atoms with van der Waals surface area (Å²) in [7, 11) is 0. The lowest BCUT2D eigenvalue weighted by Crippen LogP contribution is -2.63. The monoisotopic (exact) mass is 266 g/mol. The molecule has 2 nitrogen and oxygen atoms in total. The van der Waals surface area contributed by atoms with Gasteiger partial charge in [-0.2, -0.15) is 0 Å². The van der Waals surface area contributed by atoms with Gasteiger partial charge in [0.15, 0.2) is 0 Å². The quantitative estimate of drug-likeness (QED) is 0.759. The summed E-state index contributed by atoms with van der Waals surface area (Å²) in [6.45, 7) is 8.20. The van der Waals surface area contributed by atoms with Crippen molar-refractivity contribution < 1.29 is 0 Å². The molecule has 2 aliphatic rings. The van der Waals surface area contributed by atoms with Crippen molar-refractivity contribution in [3.8, 4) is 0 Å². The van der Waals surface area contributed by atoms with E-state index in [0.29, 0.717) is 11.5 Å². The summed E-state index contributed by atoms with van der Waals surface area (Å²) in [5, 5.41) is 0. The Kier molecular flexibility index (Phi) is 5.70. The molecule has 1 unspecified atom stereocenters. The maximum atomic E-state index is 6.11. The summed E-state index contributed by atoms with van der Waals surface area (Å²) in [4.78, 5) is 2.72. The minimum Gasteiger partial charge on any atom is -0.329 e. The molecule has 0 amide bonds. The van der Waals surface area contributed by atoms with Crippen molar-refractivity contribution in [2.24, 2.45) is 17.1 Å². The largest absolute Gasteiger partial charge is 0.329 e. The van der Waals surface area contributed by atoms with Gasteiger partial charge in [0, 0.05) is 25.7 Å². The van der Waals surface area contributed by atoms with Crippen LogP contribution in [-0.4, -0.2) is 30.6 Å². The summed E-state index contributed by atoms with van der Waals surface area (Å²) in [5.41, 5.74) is 6.75. The highest BCUT2D eigenvalue weighted by Gasteiger charge is 2.45. The van der Waals surface area contributed by atoms with Crippen LogP contribution in [0.4, 0.5) is 0 Å². The number of nitrogens with zero attached hydrogens (tertiary/aromatic N) is 1. The van der Waals surface area contributed by atoms with Gasteiger partial charge >= 0.3 is 0 Å². The second-order valence-corrected chi connectivity index (χ2v) is 7.11. The molecule has 1 aliphatic carbocycles. The Morgan fingerprint density at radius 2 is 1.63 bits per heavy atom. The fourth-order valence-electron chi connectivity index (χ4n) is 4.71. The lowest BCUT2D eigenvalue weighted by Gasteiger charge is -2.55. The third-order valence-electron chi connectivity index (χ3n) is 5.54. The van der Waals surface area contributed by atoms with Gasteiger partial charge in [-0.1, -0.05) is 46.0 Å². The maximum absolute atomic E-state index is 6.11. The number of rotatable bonds is 7. The Morgan fingerprint density at radius 3 is 2.11 bits per heavy atom. The third-order valence-corrected chi connectivity index (χ3v) is 5.54. The molecule has 19 heavy (non-hydrogen) atoms. The molecular formula is C17H34N2. The van der Waals surface area contributed by atoms with E-state index < -0.39 is 0 Å². The first kappa shape index (κ1) is 15.3. The number of hydrogen-bond acceptors (Lipinski definition) is 2. The molecule has 112 valence electrons. The first-order valence-electron chi connectivity index (χ1n) is 8.69. The van der Waals surface area contributed by atoms with Gasteiger partial charge in [0.25, 0.3) is 0 Å². The van der Waals surface area contributed by atoms with Crippen LogP contribution >= 0.6 is 0 Å². The lowest BCUT2D eigenvalue weighted by atomic mass is 9.70. The molecule has 2 fully saturated rings. The zero-order valence-corrected chi connectivity index (χ0v) is 13.2. The van der Waals surface area contributed by atoms with Crippen molar-refractivity contribution in [1.29, 1.82) is 0 Å². The highest BCUT2D eigenvalue weighted by atomic mass is 15.2. The summed E-state index contributed by atoms with van der Waals surface area (Å²) >= 11 is 0. The molecule has 1 aliphatic heterocycles. The Hall–Kier alpha value is -0.0800. The molecule has 1 atom stereocenters. The first-order valence-corrected chi connectivity index (χ1v) is 8.69. The lowest BCUT2D eigenvalue weighted by molar-refractivity contribution is -0.0607. The molecule has 0 spiro atoms.